The Morgan fingerprint density at radius 1 is 1.33 bits per heavy atom. The van der Waals surface area contributed by atoms with Crippen LogP contribution in [-0.2, 0) is 4.74 Å². The summed E-state index contributed by atoms with van der Waals surface area (Å²) in [6.07, 6.45) is 2.08. The van der Waals surface area contributed by atoms with E-state index in [2.05, 4.69) is 55.5 Å². The number of likely N-dealkylation sites (N-methyl/N-ethyl adjacent to an activating group) is 1. The molecule has 1 unspecified atom stereocenters. The molecule has 18 heavy (non-hydrogen) atoms. The Bertz CT molecular complexity index is 516. The van der Waals surface area contributed by atoms with Gasteiger partial charge in [0, 0.05) is 24.2 Å². The predicted molar refractivity (Wildman–Crippen MR) is 75.8 cm³/mol. The summed E-state index contributed by atoms with van der Waals surface area (Å²) in [5.74, 6) is 0. The summed E-state index contributed by atoms with van der Waals surface area (Å²) >= 11 is 0. The zero-order valence-corrected chi connectivity index (χ0v) is 11.6. The van der Waals surface area contributed by atoms with E-state index in [0.717, 1.165) is 6.54 Å². The fourth-order valence-electron chi connectivity index (χ4n) is 2.39. The van der Waals surface area contributed by atoms with E-state index in [9.17, 15) is 0 Å². The van der Waals surface area contributed by atoms with Gasteiger partial charge in [-0.1, -0.05) is 25.1 Å². The normalized spacial score (nSPS) is 14.0. The van der Waals surface area contributed by atoms with Crippen LogP contribution in [0.25, 0.3) is 10.9 Å². The fourth-order valence-corrected chi connectivity index (χ4v) is 2.39. The molecular formula is C15H22N2O. The number of rotatable bonds is 5. The number of para-hydroxylation sites is 1. The van der Waals surface area contributed by atoms with Gasteiger partial charge < -0.3 is 15.0 Å². The summed E-state index contributed by atoms with van der Waals surface area (Å²) in [7, 11) is 1.76. The second kappa shape index (κ2) is 5.12. The molecule has 1 aromatic heterocycles. The second-order valence-corrected chi connectivity index (χ2v) is 5.09. The molecule has 2 aromatic rings. The van der Waals surface area contributed by atoms with Crippen molar-refractivity contribution in [2.24, 2.45) is 0 Å². The number of fused-ring (bicyclic) bond motifs is 1. The quantitative estimate of drug-likeness (QED) is 0.849. The standard InChI is InChI=1S/C15H22N2O/c1-5-16-14(15(2,3)18-4)12-10-17-13-9-7-6-8-11(12)13/h6-10,14,16-17H,5H2,1-4H3. The van der Waals surface area contributed by atoms with Crippen molar-refractivity contribution in [3.05, 3.63) is 36.0 Å². The van der Waals surface area contributed by atoms with Crippen molar-refractivity contribution < 1.29 is 4.74 Å². The van der Waals surface area contributed by atoms with E-state index < -0.39 is 0 Å². The average Bonchev–Trinajstić information content (AvgIpc) is 2.79. The predicted octanol–water partition coefficient (Wildman–Crippen LogP) is 3.24. The van der Waals surface area contributed by atoms with Gasteiger partial charge in [-0.3, -0.25) is 0 Å². The van der Waals surface area contributed by atoms with Crippen LogP contribution in [0.4, 0.5) is 0 Å². The minimum atomic E-state index is -0.249. The number of hydrogen-bond donors (Lipinski definition) is 2. The lowest BCUT2D eigenvalue weighted by molar-refractivity contribution is -0.0103. The maximum atomic E-state index is 5.65. The van der Waals surface area contributed by atoms with Gasteiger partial charge in [-0.2, -0.15) is 0 Å². The first-order valence-electron chi connectivity index (χ1n) is 6.44. The third-order valence-corrected chi connectivity index (χ3v) is 3.56. The fraction of sp³-hybridized carbons (Fsp3) is 0.467. The highest BCUT2D eigenvalue weighted by molar-refractivity contribution is 5.83. The SMILES string of the molecule is CCNC(c1c[nH]c2ccccc12)C(C)(C)OC. The van der Waals surface area contributed by atoms with E-state index >= 15 is 0 Å². The number of methoxy groups -OCH3 is 1. The van der Waals surface area contributed by atoms with Crippen LogP contribution in [0.2, 0.25) is 0 Å². The summed E-state index contributed by atoms with van der Waals surface area (Å²) in [6, 6.07) is 8.54. The topological polar surface area (TPSA) is 37.0 Å². The molecule has 0 amide bonds. The Balaban J connectivity index is 2.48. The van der Waals surface area contributed by atoms with Crippen LogP contribution in [0.15, 0.2) is 30.5 Å². The monoisotopic (exact) mass is 246 g/mol. The number of aromatic amines is 1. The lowest BCUT2D eigenvalue weighted by Crippen LogP contribution is -2.40. The Kier molecular flexibility index (Phi) is 3.73. The van der Waals surface area contributed by atoms with Crippen molar-refractivity contribution in [2.45, 2.75) is 32.4 Å². The molecule has 0 aliphatic heterocycles. The summed E-state index contributed by atoms with van der Waals surface area (Å²) in [4.78, 5) is 3.33. The summed E-state index contributed by atoms with van der Waals surface area (Å²) in [6.45, 7) is 7.26. The van der Waals surface area contributed by atoms with Gasteiger partial charge in [0.15, 0.2) is 0 Å². The first kappa shape index (κ1) is 13.1. The zero-order chi connectivity index (χ0) is 13.2. The first-order valence-corrected chi connectivity index (χ1v) is 6.44. The molecule has 3 heteroatoms. The van der Waals surface area contributed by atoms with Crippen molar-refractivity contribution in [1.82, 2.24) is 10.3 Å². The van der Waals surface area contributed by atoms with Gasteiger partial charge in [0.25, 0.3) is 0 Å². The molecule has 2 N–H and O–H groups in total. The number of benzene rings is 1. The molecule has 0 aliphatic rings. The maximum Gasteiger partial charge on any atom is 0.0817 e. The van der Waals surface area contributed by atoms with Crippen molar-refractivity contribution in [3.63, 3.8) is 0 Å². The number of ether oxygens (including phenoxy) is 1. The molecule has 0 saturated carbocycles. The largest absolute Gasteiger partial charge is 0.377 e. The highest BCUT2D eigenvalue weighted by Gasteiger charge is 2.31. The number of hydrogen-bond acceptors (Lipinski definition) is 2. The van der Waals surface area contributed by atoms with Gasteiger partial charge in [-0.15, -0.1) is 0 Å². The molecule has 1 atom stereocenters. The third kappa shape index (κ3) is 2.28. The van der Waals surface area contributed by atoms with Gasteiger partial charge in [-0.05, 0) is 32.0 Å². The molecule has 1 aromatic carbocycles. The minimum absolute atomic E-state index is 0.170. The Morgan fingerprint density at radius 2 is 2.06 bits per heavy atom. The second-order valence-electron chi connectivity index (χ2n) is 5.09. The van der Waals surface area contributed by atoms with Gasteiger partial charge in [0.1, 0.15) is 0 Å². The van der Waals surface area contributed by atoms with Gasteiger partial charge in [-0.25, -0.2) is 0 Å². The highest BCUT2D eigenvalue weighted by atomic mass is 16.5. The summed E-state index contributed by atoms with van der Waals surface area (Å²) in [5.41, 5.74) is 2.18. The molecule has 3 nitrogen and oxygen atoms in total. The molecule has 0 radical (unpaired) electrons. The average molecular weight is 246 g/mol. The lowest BCUT2D eigenvalue weighted by atomic mass is 9.91. The van der Waals surface area contributed by atoms with E-state index in [1.165, 1.54) is 16.5 Å². The summed E-state index contributed by atoms with van der Waals surface area (Å²) in [5, 5.41) is 4.78. The van der Waals surface area contributed by atoms with E-state index in [-0.39, 0.29) is 11.6 Å². The number of H-pyrrole nitrogens is 1. The van der Waals surface area contributed by atoms with Crippen LogP contribution in [0, 0.1) is 0 Å². The molecule has 0 fully saturated rings. The smallest absolute Gasteiger partial charge is 0.0817 e. The van der Waals surface area contributed by atoms with Crippen LogP contribution < -0.4 is 5.32 Å². The molecule has 2 rings (SSSR count). The van der Waals surface area contributed by atoms with E-state index in [1.807, 2.05) is 6.07 Å². The summed E-state index contributed by atoms with van der Waals surface area (Å²) < 4.78 is 5.65. The van der Waals surface area contributed by atoms with E-state index in [4.69, 9.17) is 4.74 Å². The number of nitrogens with one attached hydrogen (secondary N) is 2. The van der Waals surface area contributed by atoms with Crippen LogP contribution >= 0.6 is 0 Å². The van der Waals surface area contributed by atoms with Crippen molar-refractivity contribution >= 4 is 10.9 Å². The minimum Gasteiger partial charge on any atom is -0.377 e. The van der Waals surface area contributed by atoms with E-state index in [0.29, 0.717) is 0 Å². The van der Waals surface area contributed by atoms with Crippen molar-refractivity contribution in [3.8, 4) is 0 Å². The molecule has 0 spiro atoms. The van der Waals surface area contributed by atoms with Crippen LogP contribution in [0.3, 0.4) is 0 Å². The van der Waals surface area contributed by atoms with Crippen LogP contribution in [0.5, 0.6) is 0 Å². The molecule has 0 saturated heterocycles. The molecule has 0 aliphatic carbocycles. The van der Waals surface area contributed by atoms with Crippen molar-refractivity contribution in [1.29, 1.82) is 0 Å². The Hall–Kier alpha value is -1.32. The molecule has 1 heterocycles. The van der Waals surface area contributed by atoms with Crippen LogP contribution in [0.1, 0.15) is 32.4 Å². The van der Waals surface area contributed by atoms with Crippen molar-refractivity contribution in [2.75, 3.05) is 13.7 Å². The molecule has 98 valence electrons. The molecular weight excluding hydrogens is 224 g/mol. The maximum absolute atomic E-state index is 5.65. The Morgan fingerprint density at radius 3 is 2.72 bits per heavy atom. The van der Waals surface area contributed by atoms with E-state index in [1.54, 1.807) is 7.11 Å². The molecule has 0 bridgehead atoms. The van der Waals surface area contributed by atoms with Crippen LogP contribution in [-0.4, -0.2) is 24.2 Å². The Labute approximate surface area is 109 Å². The van der Waals surface area contributed by atoms with Gasteiger partial charge in [0.2, 0.25) is 0 Å². The number of aromatic nitrogens is 1. The van der Waals surface area contributed by atoms with Gasteiger partial charge in [0.05, 0.1) is 11.6 Å². The van der Waals surface area contributed by atoms with Gasteiger partial charge >= 0.3 is 0 Å². The highest BCUT2D eigenvalue weighted by Crippen LogP contribution is 2.32. The zero-order valence-electron chi connectivity index (χ0n) is 11.6. The third-order valence-electron chi connectivity index (χ3n) is 3.56. The first-order chi connectivity index (χ1) is 8.60. The lowest BCUT2D eigenvalue weighted by Gasteiger charge is -2.33.